The Morgan fingerprint density at radius 2 is 2.10 bits per heavy atom. The van der Waals surface area contributed by atoms with E-state index >= 15 is 0 Å². The Morgan fingerprint density at radius 3 is 2.57 bits per heavy atom. The second-order valence-electron chi connectivity index (χ2n) is 4.08. The van der Waals surface area contributed by atoms with Gasteiger partial charge in [0.15, 0.2) is 0 Å². The number of aryl methyl sites for hydroxylation is 1. The summed E-state index contributed by atoms with van der Waals surface area (Å²) in [6.07, 6.45) is 8.90. The number of aromatic nitrogens is 2. The molecule has 0 unspecified atom stereocenters. The van der Waals surface area contributed by atoms with E-state index < -0.39 is 10.4 Å². The third kappa shape index (κ3) is 9.14. The van der Waals surface area contributed by atoms with Crippen LogP contribution in [0.3, 0.4) is 0 Å². The third-order valence-electron chi connectivity index (χ3n) is 2.56. The number of imidazole rings is 1. The molecule has 21 heavy (non-hydrogen) atoms. The topological polar surface area (TPSA) is 87.3 Å². The summed E-state index contributed by atoms with van der Waals surface area (Å²) in [7, 11) is -1.54. The zero-order valence-electron chi connectivity index (χ0n) is 12.5. The molecule has 0 amide bonds. The van der Waals surface area contributed by atoms with Crippen LogP contribution in [-0.2, 0) is 34.6 Å². The highest BCUT2D eigenvalue weighted by Crippen LogP contribution is 1.96. The van der Waals surface area contributed by atoms with Crippen molar-refractivity contribution in [2.24, 2.45) is 7.05 Å². The lowest BCUT2D eigenvalue weighted by Gasteiger charge is -2.01. The fourth-order valence-electron chi connectivity index (χ4n) is 1.55. The number of nitrogens with zero attached hydrogens (tertiary/aromatic N) is 2. The molecule has 7 nitrogen and oxygen atoms in total. The van der Waals surface area contributed by atoms with E-state index in [1.54, 1.807) is 0 Å². The first-order valence-corrected chi connectivity index (χ1v) is 7.66. The van der Waals surface area contributed by atoms with Gasteiger partial charge in [-0.3, -0.25) is 4.18 Å². The third-order valence-corrected chi connectivity index (χ3v) is 2.97. The largest absolute Gasteiger partial charge is 0.726 e. The first-order chi connectivity index (χ1) is 9.85. The lowest BCUT2D eigenvalue weighted by Crippen LogP contribution is -2.32. The van der Waals surface area contributed by atoms with Crippen LogP contribution in [0, 0.1) is 0 Å². The maximum atomic E-state index is 9.22. The first-order valence-electron chi connectivity index (χ1n) is 6.33. The molecule has 0 aromatic carbocycles. The summed E-state index contributed by atoms with van der Waals surface area (Å²) in [5.41, 5.74) is 0. The summed E-state index contributed by atoms with van der Waals surface area (Å²) in [6.45, 7) is 10.3. The van der Waals surface area contributed by atoms with Crippen molar-refractivity contribution in [1.29, 1.82) is 0 Å². The van der Waals surface area contributed by atoms with Gasteiger partial charge >= 0.3 is 0 Å². The van der Waals surface area contributed by atoms with Gasteiger partial charge in [0.05, 0.1) is 20.6 Å². The van der Waals surface area contributed by atoms with Gasteiger partial charge in [-0.25, -0.2) is 17.6 Å². The van der Waals surface area contributed by atoms with Crippen molar-refractivity contribution in [1.82, 2.24) is 9.88 Å². The Hall–Kier alpha value is -1.48. The number of rotatable bonds is 8. The summed E-state index contributed by atoms with van der Waals surface area (Å²) in [5.74, 6) is 1.28. The fraction of sp³-hybridized carbons (Fsp3) is 0.462. The van der Waals surface area contributed by atoms with E-state index in [0.717, 1.165) is 33.2 Å². The van der Waals surface area contributed by atoms with Crippen LogP contribution in [0.25, 0.3) is 0 Å². The summed E-state index contributed by atoms with van der Waals surface area (Å²) < 4.78 is 35.4. The van der Waals surface area contributed by atoms with E-state index in [0.29, 0.717) is 0 Å². The van der Waals surface area contributed by atoms with Crippen molar-refractivity contribution in [2.45, 2.75) is 13.0 Å². The minimum atomic E-state index is -4.41. The molecule has 1 rings (SSSR count). The van der Waals surface area contributed by atoms with E-state index in [1.807, 2.05) is 12.2 Å². The molecule has 0 aliphatic carbocycles. The summed E-state index contributed by atoms with van der Waals surface area (Å²) in [5, 5.41) is 3.29. The minimum absolute atomic E-state index is 0.808. The second-order valence-corrected chi connectivity index (χ2v) is 5.23. The lowest BCUT2D eigenvalue weighted by atomic mass is 10.4. The van der Waals surface area contributed by atoms with Crippen LogP contribution in [0.4, 0.5) is 0 Å². The molecule has 0 aliphatic rings. The van der Waals surface area contributed by atoms with Crippen molar-refractivity contribution in [3.63, 3.8) is 0 Å². The number of hydrogen-bond donors (Lipinski definition) is 1. The molecule has 0 radical (unpaired) electrons. The van der Waals surface area contributed by atoms with Gasteiger partial charge < -0.3 is 9.87 Å². The molecule has 120 valence electrons. The molecule has 1 aromatic rings. The molecule has 0 saturated heterocycles. The smallest absolute Gasteiger partial charge is 0.260 e. The van der Waals surface area contributed by atoms with Crippen LogP contribution in [0.1, 0.15) is 5.82 Å². The molecule has 8 heteroatoms. The molecule has 1 heterocycles. The number of hydrogen-bond acceptors (Lipinski definition) is 5. The molecule has 0 fully saturated rings. The zero-order valence-corrected chi connectivity index (χ0v) is 13.3. The molecule has 0 saturated carbocycles. The molecule has 1 N–H and O–H groups in total. The molecule has 0 spiro atoms. The average Bonchev–Trinajstić information content (AvgIpc) is 2.77. The quantitative estimate of drug-likeness (QED) is 0.238. The predicted molar refractivity (Wildman–Crippen MR) is 79.3 cm³/mol. The molecule has 0 aliphatic heterocycles. The Bertz CT molecular complexity index is 538. The van der Waals surface area contributed by atoms with Crippen molar-refractivity contribution in [3.8, 4) is 0 Å². The molecule has 0 atom stereocenters. The van der Waals surface area contributed by atoms with Gasteiger partial charge in [-0.2, -0.15) is 0 Å². The highest BCUT2D eigenvalue weighted by atomic mass is 32.3. The maximum Gasteiger partial charge on any atom is 0.260 e. The first kappa shape index (κ1) is 19.5. The normalized spacial score (nSPS) is 10.6. The lowest BCUT2D eigenvalue weighted by molar-refractivity contribution is -0.678. The van der Waals surface area contributed by atoms with Crippen molar-refractivity contribution < 1.29 is 21.7 Å². The Kier molecular flexibility index (Phi) is 9.55. The van der Waals surface area contributed by atoms with Crippen molar-refractivity contribution >= 4 is 10.4 Å². The van der Waals surface area contributed by atoms with Crippen LogP contribution in [0.15, 0.2) is 37.7 Å². The average molecular weight is 317 g/mol. The van der Waals surface area contributed by atoms with Crippen LogP contribution in [0.2, 0.25) is 0 Å². The van der Waals surface area contributed by atoms with Gasteiger partial charge in [0, 0.05) is 13.1 Å². The van der Waals surface area contributed by atoms with Crippen LogP contribution >= 0.6 is 0 Å². The van der Waals surface area contributed by atoms with Crippen LogP contribution < -0.4 is 9.88 Å². The fourth-order valence-corrected chi connectivity index (χ4v) is 1.55. The van der Waals surface area contributed by atoms with Crippen molar-refractivity contribution in [3.05, 3.63) is 43.5 Å². The van der Waals surface area contributed by atoms with Gasteiger partial charge in [-0.1, -0.05) is 12.2 Å². The zero-order chi connectivity index (χ0) is 16.3. The maximum absolute atomic E-state index is 9.22. The van der Waals surface area contributed by atoms with Crippen molar-refractivity contribution in [2.75, 3.05) is 20.2 Å². The van der Waals surface area contributed by atoms with Gasteiger partial charge in [0.25, 0.3) is 5.82 Å². The Morgan fingerprint density at radius 1 is 1.48 bits per heavy atom. The highest BCUT2D eigenvalue weighted by Gasteiger charge is 2.11. The summed E-state index contributed by atoms with van der Waals surface area (Å²) in [6, 6.07) is 0. The van der Waals surface area contributed by atoms with E-state index in [-0.39, 0.29) is 0 Å². The van der Waals surface area contributed by atoms with E-state index in [2.05, 4.69) is 51.2 Å². The number of allylic oxidation sites excluding steroid dienone is 1. The highest BCUT2D eigenvalue weighted by molar-refractivity contribution is 7.80. The Labute approximate surface area is 126 Å². The van der Waals surface area contributed by atoms with Crippen LogP contribution in [-0.4, -0.2) is 37.7 Å². The monoisotopic (exact) mass is 317 g/mol. The summed E-state index contributed by atoms with van der Waals surface area (Å²) in [4.78, 5) is 0. The summed E-state index contributed by atoms with van der Waals surface area (Å²) >= 11 is 0. The van der Waals surface area contributed by atoms with Gasteiger partial charge in [-0.15, -0.1) is 13.2 Å². The molecule has 0 bridgehead atoms. The molecule has 1 aromatic heterocycles. The molecular formula is C13H23N3O4S. The minimum Gasteiger partial charge on any atom is -0.726 e. The van der Waals surface area contributed by atoms with E-state index in [4.69, 9.17) is 0 Å². The van der Waals surface area contributed by atoms with Gasteiger partial charge in [0.2, 0.25) is 10.4 Å². The van der Waals surface area contributed by atoms with E-state index in [9.17, 15) is 13.0 Å². The Balaban J connectivity index is 0.000000567. The SMILES string of the molecule is C=CCNCCn1cc[n+](C)c1CC=C.COS(=O)(=O)[O-]. The van der Waals surface area contributed by atoms with Gasteiger partial charge in [0.1, 0.15) is 18.9 Å². The van der Waals surface area contributed by atoms with Crippen LogP contribution in [0.5, 0.6) is 0 Å². The standard InChI is InChI=1S/C12H20N3.CH4O4S/c1-4-6-12-14(3)10-11-15(12)9-8-13-7-5-2;1-5-6(2,3)4/h4-5,10-11,13H,1-2,6-9H2,3H3;1H3,(H,2,3,4)/q+1;/p-1. The molecular weight excluding hydrogens is 294 g/mol. The predicted octanol–water partition coefficient (Wildman–Crippen LogP) is -0.0903. The number of nitrogens with one attached hydrogen (secondary N) is 1. The van der Waals surface area contributed by atoms with Gasteiger partial charge in [-0.05, 0) is 0 Å². The second kappa shape index (κ2) is 10.3. The van der Waals surface area contributed by atoms with E-state index in [1.165, 1.54) is 5.82 Å².